The zero-order valence-corrected chi connectivity index (χ0v) is 22.8. The number of anilines is 1. The number of likely N-dealkylation sites (tertiary alicyclic amines) is 1. The zero-order valence-electron chi connectivity index (χ0n) is 22.1. The molecule has 5 rings (SSSR count). The first-order valence-electron chi connectivity index (χ1n) is 12.7. The maximum absolute atomic E-state index is 14.3. The van der Waals surface area contributed by atoms with Gasteiger partial charge in [0.15, 0.2) is 0 Å². The Morgan fingerprint density at radius 3 is 2.69 bits per heavy atom. The van der Waals surface area contributed by atoms with Crippen LogP contribution >= 0.6 is 11.6 Å². The van der Waals surface area contributed by atoms with Gasteiger partial charge in [0.05, 0.1) is 29.6 Å². The second-order valence-electron chi connectivity index (χ2n) is 9.71. The Kier molecular flexibility index (Phi) is 7.97. The molecule has 0 radical (unpaired) electrons. The van der Waals surface area contributed by atoms with Crippen molar-refractivity contribution in [1.29, 1.82) is 0 Å². The lowest BCUT2D eigenvalue weighted by Gasteiger charge is -2.21. The molecule has 0 saturated carbocycles. The Balaban J connectivity index is 1.42. The number of urea groups is 1. The van der Waals surface area contributed by atoms with Gasteiger partial charge in [-0.05, 0) is 36.8 Å². The van der Waals surface area contributed by atoms with Crippen LogP contribution < -0.4 is 10.6 Å². The summed E-state index contributed by atoms with van der Waals surface area (Å²) in [7, 11) is 3.50. The fourth-order valence-electron chi connectivity index (χ4n) is 5.04. The number of aryl methyl sites for hydroxylation is 1. The number of para-hydroxylation sites is 1. The standard InChI is InChI=1S/C28H31ClFN7O2/c1-18-26(20-14-31-35(2)15-20)34-37(21-7-5-4-6-8-21)27(18)33-28(38)32-25-17-36(11-12-39-3)16-22(25)19-9-10-23(29)24(30)13-19/h4-10,13-15,22,25H,11-12,16-17H2,1-3H3,(H2,32,33,38). The van der Waals surface area contributed by atoms with Gasteiger partial charge in [0.2, 0.25) is 0 Å². The fraction of sp³-hybridized carbons (Fsp3) is 0.321. The van der Waals surface area contributed by atoms with Crippen LogP contribution in [0.4, 0.5) is 15.0 Å². The highest BCUT2D eigenvalue weighted by Crippen LogP contribution is 2.32. The number of aromatic nitrogens is 4. The predicted octanol–water partition coefficient (Wildman–Crippen LogP) is 4.61. The Morgan fingerprint density at radius 2 is 2.00 bits per heavy atom. The van der Waals surface area contributed by atoms with Gasteiger partial charge in [0.25, 0.3) is 0 Å². The third-order valence-corrected chi connectivity index (χ3v) is 7.34. The average molecular weight is 552 g/mol. The Labute approximate surface area is 231 Å². The summed E-state index contributed by atoms with van der Waals surface area (Å²) >= 11 is 5.93. The lowest BCUT2D eigenvalue weighted by atomic mass is 9.94. The molecule has 2 N–H and O–H groups in total. The largest absolute Gasteiger partial charge is 0.383 e. The number of hydrogen-bond acceptors (Lipinski definition) is 5. The molecule has 39 heavy (non-hydrogen) atoms. The van der Waals surface area contributed by atoms with E-state index in [4.69, 9.17) is 21.4 Å². The molecule has 2 amide bonds. The van der Waals surface area contributed by atoms with E-state index in [1.165, 1.54) is 6.07 Å². The molecule has 3 heterocycles. The van der Waals surface area contributed by atoms with Crippen LogP contribution in [0.25, 0.3) is 16.9 Å². The van der Waals surface area contributed by atoms with E-state index in [0.29, 0.717) is 32.1 Å². The molecule has 0 aliphatic carbocycles. The molecule has 9 nitrogen and oxygen atoms in total. The van der Waals surface area contributed by atoms with Crippen molar-refractivity contribution in [3.8, 4) is 16.9 Å². The monoisotopic (exact) mass is 551 g/mol. The average Bonchev–Trinajstić information content (AvgIpc) is 3.62. The molecule has 1 fully saturated rings. The summed E-state index contributed by atoms with van der Waals surface area (Å²) < 4.78 is 23.0. The summed E-state index contributed by atoms with van der Waals surface area (Å²) in [5.41, 5.74) is 3.98. The number of benzene rings is 2. The first kappa shape index (κ1) is 26.9. The number of carbonyl (C=O) groups excluding carboxylic acids is 1. The van der Waals surface area contributed by atoms with Gasteiger partial charge < -0.3 is 10.1 Å². The number of nitrogens with one attached hydrogen (secondary N) is 2. The summed E-state index contributed by atoms with van der Waals surface area (Å²) in [4.78, 5) is 15.7. The molecule has 2 atom stereocenters. The highest BCUT2D eigenvalue weighted by atomic mass is 35.5. The summed E-state index contributed by atoms with van der Waals surface area (Å²) in [6, 6.07) is 13.8. The van der Waals surface area contributed by atoms with Crippen molar-refractivity contribution < 1.29 is 13.9 Å². The molecular weight excluding hydrogens is 521 g/mol. The van der Waals surface area contributed by atoms with E-state index >= 15 is 0 Å². The number of halogens is 2. The van der Waals surface area contributed by atoms with Crippen LogP contribution in [0.1, 0.15) is 17.0 Å². The smallest absolute Gasteiger partial charge is 0.320 e. The van der Waals surface area contributed by atoms with Gasteiger partial charge in [-0.2, -0.15) is 10.2 Å². The van der Waals surface area contributed by atoms with Crippen molar-refractivity contribution >= 4 is 23.4 Å². The van der Waals surface area contributed by atoms with Crippen LogP contribution in [0.3, 0.4) is 0 Å². The van der Waals surface area contributed by atoms with Crippen LogP contribution in [0.5, 0.6) is 0 Å². The third-order valence-electron chi connectivity index (χ3n) is 7.03. The molecule has 2 aromatic carbocycles. The van der Waals surface area contributed by atoms with Gasteiger partial charge in [-0.15, -0.1) is 0 Å². The number of hydrogen-bond donors (Lipinski definition) is 2. The normalized spacial score (nSPS) is 17.5. The summed E-state index contributed by atoms with van der Waals surface area (Å²) in [6.07, 6.45) is 3.63. The number of ether oxygens (including phenoxy) is 1. The minimum absolute atomic E-state index is 0.0734. The van der Waals surface area contributed by atoms with Crippen molar-refractivity contribution in [2.45, 2.75) is 18.9 Å². The number of nitrogens with zero attached hydrogens (tertiary/aromatic N) is 5. The van der Waals surface area contributed by atoms with Crippen LogP contribution in [-0.2, 0) is 11.8 Å². The molecule has 2 unspecified atom stereocenters. The first-order chi connectivity index (χ1) is 18.8. The Hall–Kier alpha value is -3.73. The topological polar surface area (TPSA) is 89.2 Å². The maximum Gasteiger partial charge on any atom is 0.320 e. The van der Waals surface area contributed by atoms with E-state index < -0.39 is 5.82 Å². The van der Waals surface area contributed by atoms with Crippen molar-refractivity contribution in [2.75, 3.05) is 38.7 Å². The SMILES string of the molecule is COCCN1CC(NC(=O)Nc2c(C)c(-c3cnn(C)c3)nn2-c2ccccc2)C(c2ccc(Cl)c(F)c2)C1. The van der Waals surface area contributed by atoms with Crippen molar-refractivity contribution in [3.05, 3.63) is 82.9 Å². The minimum Gasteiger partial charge on any atom is -0.383 e. The fourth-order valence-corrected chi connectivity index (χ4v) is 5.16. The molecule has 1 aliphatic heterocycles. The molecule has 1 aliphatic rings. The summed E-state index contributed by atoms with van der Waals surface area (Å²) in [6.45, 7) is 4.45. The first-order valence-corrected chi connectivity index (χ1v) is 13.1. The minimum atomic E-state index is -0.474. The van der Waals surface area contributed by atoms with Crippen molar-refractivity contribution in [1.82, 2.24) is 29.8 Å². The Morgan fingerprint density at radius 1 is 1.21 bits per heavy atom. The predicted molar refractivity (Wildman–Crippen MR) is 149 cm³/mol. The molecular formula is C28H31ClFN7O2. The van der Waals surface area contributed by atoms with E-state index in [0.717, 1.165) is 28.1 Å². The quantitative estimate of drug-likeness (QED) is 0.334. The summed E-state index contributed by atoms with van der Waals surface area (Å²) in [5, 5.41) is 15.3. The van der Waals surface area contributed by atoms with E-state index in [-0.39, 0.29) is 23.0 Å². The van der Waals surface area contributed by atoms with Gasteiger partial charge >= 0.3 is 6.03 Å². The van der Waals surface area contributed by atoms with Gasteiger partial charge in [0, 0.05) is 57.0 Å². The Bertz CT molecular complexity index is 1460. The highest BCUT2D eigenvalue weighted by Gasteiger charge is 2.35. The molecule has 204 valence electrons. The van der Waals surface area contributed by atoms with Crippen molar-refractivity contribution in [3.63, 3.8) is 0 Å². The van der Waals surface area contributed by atoms with Crippen molar-refractivity contribution in [2.24, 2.45) is 7.05 Å². The van der Waals surface area contributed by atoms with Crippen LogP contribution in [0, 0.1) is 12.7 Å². The zero-order chi connectivity index (χ0) is 27.5. The molecule has 0 spiro atoms. The van der Waals surface area contributed by atoms with Gasteiger partial charge in [0.1, 0.15) is 17.3 Å². The van der Waals surface area contributed by atoms with Crippen LogP contribution in [-0.4, -0.2) is 69.9 Å². The van der Waals surface area contributed by atoms with Gasteiger partial charge in [-0.25, -0.2) is 13.9 Å². The molecule has 2 aromatic heterocycles. The highest BCUT2D eigenvalue weighted by molar-refractivity contribution is 6.30. The number of carbonyl (C=O) groups is 1. The molecule has 0 bridgehead atoms. The second kappa shape index (κ2) is 11.6. The number of methoxy groups -OCH3 is 1. The summed E-state index contributed by atoms with van der Waals surface area (Å²) in [5.74, 6) is -0.0376. The molecule has 4 aromatic rings. The molecule has 11 heteroatoms. The lowest BCUT2D eigenvalue weighted by Crippen LogP contribution is -2.42. The van der Waals surface area contributed by atoms with Crippen LogP contribution in [0.15, 0.2) is 60.9 Å². The van der Waals surface area contributed by atoms with E-state index in [2.05, 4.69) is 20.6 Å². The molecule has 1 saturated heterocycles. The van der Waals surface area contributed by atoms with Crippen LogP contribution in [0.2, 0.25) is 5.02 Å². The third kappa shape index (κ3) is 5.83. The lowest BCUT2D eigenvalue weighted by molar-refractivity contribution is 0.159. The second-order valence-corrected chi connectivity index (χ2v) is 10.1. The van der Waals surface area contributed by atoms with E-state index in [1.54, 1.807) is 28.7 Å². The van der Waals surface area contributed by atoms with Gasteiger partial charge in [-0.1, -0.05) is 35.9 Å². The van der Waals surface area contributed by atoms with E-state index in [1.807, 2.05) is 56.6 Å². The van der Waals surface area contributed by atoms with E-state index in [9.17, 15) is 9.18 Å². The maximum atomic E-state index is 14.3. The number of rotatable bonds is 8. The number of amides is 2. The van der Waals surface area contributed by atoms with Gasteiger partial charge in [-0.3, -0.25) is 14.9 Å².